The van der Waals surface area contributed by atoms with Gasteiger partial charge in [-0.2, -0.15) is 13.2 Å². The summed E-state index contributed by atoms with van der Waals surface area (Å²) in [4.78, 5) is 11.1. The Bertz CT molecular complexity index is 419. The zero-order valence-electron chi connectivity index (χ0n) is 10.6. The fraction of sp³-hybridized carbons (Fsp3) is 0.462. The summed E-state index contributed by atoms with van der Waals surface area (Å²) in [6.45, 7) is 0.935. The van der Waals surface area contributed by atoms with E-state index in [0.717, 1.165) is 5.56 Å². The monoisotopic (exact) mass is 275 g/mol. The van der Waals surface area contributed by atoms with E-state index in [-0.39, 0.29) is 6.42 Å². The first-order valence-electron chi connectivity index (χ1n) is 5.90. The average molecular weight is 275 g/mol. The van der Waals surface area contributed by atoms with E-state index in [1.54, 1.807) is 6.07 Å². The van der Waals surface area contributed by atoms with Crippen LogP contribution in [0.4, 0.5) is 13.2 Å². The number of carbonyl (C=O) groups excluding carboxylic acids is 1. The third kappa shape index (κ3) is 7.33. The van der Waals surface area contributed by atoms with Crippen LogP contribution in [-0.4, -0.2) is 25.2 Å². The van der Waals surface area contributed by atoms with Gasteiger partial charge in [0.2, 0.25) is 5.91 Å². The third-order valence-corrected chi connectivity index (χ3v) is 2.29. The number of rotatable bonds is 6. The van der Waals surface area contributed by atoms with Crippen LogP contribution in [0.25, 0.3) is 0 Å². The molecule has 0 aromatic heterocycles. The van der Waals surface area contributed by atoms with Crippen molar-refractivity contribution < 1.29 is 22.7 Å². The van der Waals surface area contributed by atoms with Crippen molar-refractivity contribution in [3.05, 3.63) is 29.8 Å². The summed E-state index contributed by atoms with van der Waals surface area (Å²) in [7, 11) is 0. The Morgan fingerprint density at radius 2 is 2.11 bits per heavy atom. The van der Waals surface area contributed by atoms with E-state index in [2.05, 4.69) is 0 Å². The molecule has 0 aliphatic rings. The van der Waals surface area contributed by atoms with E-state index in [9.17, 15) is 18.0 Å². The van der Waals surface area contributed by atoms with Gasteiger partial charge >= 0.3 is 6.18 Å². The van der Waals surface area contributed by atoms with Gasteiger partial charge in [0.15, 0.2) is 0 Å². The summed E-state index contributed by atoms with van der Waals surface area (Å²) >= 11 is 0. The zero-order valence-corrected chi connectivity index (χ0v) is 10.6. The lowest BCUT2D eigenvalue weighted by Crippen LogP contribution is -2.33. The topological polar surface area (TPSA) is 38.3 Å². The molecule has 1 aromatic rings. The van der Waals surface area contributed by atoms with E-state index in [0.29, 0.717) is 18.8 Å². The van der Waals surface area contributed by atoms with Gasteiger partial charge < -0.3 is 10.1 Å². The molecule has 0 aliphatic carbocycles. The van der Waals surface area contributed by atoms with E-state index in [1.165, 1.54) is 0 Å². The molecule has 0 unspecified atom stereocenters. The second kappa shape index (κ2) is 7.01. The predicted molar refractivity (Wildman–Crippen MR) is 65.0 cm³/mol. The number of benzene rings is 1. The van der Waals surface area contributed by atoms with Gasteiger partial charge in [0, 0.05) is 6.42 Å². The maximum absolute atomic E-state index is 11.8. The number of aryl methyl sites for hydroxylation is 1. The van der Waals surface area contributed by atoms with Gasteiger partial charge in [0.25, 0.3) is 0 Å². The minimum Gasteiger partial charge on any atom is -0.494 e. The van der Waals surface area contributed by atoms with Crippen LogP contribution in [0.1, 0.15) is 18.4 Å². The van der Waals surface area contributed by atoms with Crippen molar-refractivity contribution in [1.82, 2.24) is 5.32 Å². The number of carbonyl (C=O) groups is 1. The highest BCUT2D eigenvalue weighted by Gasteiger charge is 2.27. The number of hydrogen-bond acceptors (Lipinski definition) is 2. The van der Waals surface area contributed by atoms with Crippen molar-refractivity contribution in [2.45, 2.75) is 25.9 Å². The first-order valence-corrected chi connectivity index (χ1v) is 5.90. The zero-order chi connectivity index (χ0) is 14.3. The number of halogens is 3. The summed E-state index contributed by atoms with van der Waals surface area (Å²) < 4.78 is 40.9. The lowest BCUT2D eigenvalue weighted by atomic mass is 10.2. The second-order valence-electron chi connectivity index (χ2n) is 4.16. The average Bonchev–Trinajstić information content (AvgIpc) is 2.31. The highest BCUT2D eigenvalue weighted by molar-refractivity contribution is 5.75. The molecule has 0 fully saturated rings. The van der Waals surface area contributed by atoms with Crippen LogP contribution >= 0.6 is 0 Å². The van der Waals surface area contributed by atoms with Crippen LogP contribution < -0.4 is 10.1 Å². The Morgan fingerprint density at radius 3 is 2.74 bits per heavy atom. The van der Waals surface area contributed by atoms with Gasteiger partial charge in [0.05, 0.1) is 6.61 Å². The maximum Gasteiger partial charge on any atom is 0.405 e. The third-order valence-electron chi connectivity index (χ3n) is 2.29. The maximum atomic E-state index is 11.8. The van der Waals surface area contributed by atoms with Gasteiger partial charge in [-0.05, 0) is 31.0 Å². The molecular formula is C13H16F3NO2. The van der Waals surface area contributed by atoms with Crippen molar-refractivity contribution in [3.8, 4) is 5.75 Å². The Labute approximate surface area is 109 Å². The smallest absolute Gasteiger partial charge is 0.405 e. The molecule has 19 heavy (non-hydrogen) atoms. The summed E-state index contributed by atoms with van der Waals surface area (Å²) in [6, 6.07) is 7.42. The van der Waals surface area contributed by atoms with Crippen molar-refractivity contribution in [2.75, 3.05) is 13.2 Å². The van der Waals surface area contributed by atoms with E-state index >= 15 is 0 Å². The van der Waals surface area contributed by atoms with Crippen molar-refractivity contribution in [2.24, 2.45) is 0 Å². The molecular weight excluding hydrogens is 259 g/mol. The predicted octanol–water partition coefficient (Wildman–Crippen LogP) is 2.83. The highest BCUT2D eigenvalue weighted by atomic mass is 19.4. The molecule has 0 heterocycles. The molecule has 0 saturated carbocycles. The van der Waals surface area contributed by atoms with Gasteiger partial charge in [-0.25, -0.2) is 0 Å². The lowest BCUT2D eigenvalue weighted by Gasteiger charge is -2.09. The fourth-order valence-electron chi connectivity index (χ4n) is 1.42. The summed E-state index contributed by atoms with van der Waals surface area (Å²) in [6.07, 6.45) is -3.98. The number of amides is 1. The van der Waals surface area contributed by atoms with Crippen LogP contribution in [0.2, 0.25) is 0 Å². The minimum absolute atomic E-state index is 0.0158. The van der Waals surface area contributed by atoms with Crippen LogP contribution in [0.5, 0.6) is 5.75 Å². The molecule has 0 radical (unpaired) electrons. The molecule has 1 amide bonds. The molecule has 1 aromatic carbocycles. The number of ether oxygens (including phenoxy) is 1. The van der Waals surface area contributed by atoms with Crippen LogP contribution in [0, 0.1) is 6.92 Å². The first kappa shape index (κ1) is 15.3. The molecule has 1 rings (SSSR count). The largest absolute Gasteiger partial charge is 0.494 e. The molecule has 0 aliphatic heterocycles. The van der Waals surface area contributed by atoms with E-state index < -0.39 is 18.6 Å². The molecule has 3 nitrogen and oxygen atoms in total. The SMILES string of the molecule is Cc1cccc(OCCCC(=O)NCC(F)(F)F)c1. The van der Waals surface area contributed by atoms with E-state index in [1.807, 2.05) is 30.4 Å². The van der Waals surface area contributed by atoms with Crippen molar-refractivity contribution >= 4 is 5.91 Å². The Hall–Kier alpha value is -1.72. The van der Waals surface area contributed by atoms with Crippen molar-refractivity contribution in [3.63, 3.8) is 0 Å². The minimum atomic E-state index is -4.37. The summed E-state index contributed by atoms with van der Waals surface area (Å²) in [5.74, 6) is 0.0702. The van der Waals surface area contributed by atoms with Gasteiger partial charge in [-0.15, -0.1) is 0 Å². The van der Waals surface area contributed by atoms with Crippen molar-refractivity contribution in [1.29, 1.82) is 0 Å². The Balaban J connectivity index is 2.15. The molecule has 0 bridgehead atoms. The molecule has 6 heteroatoms. The molecule has 1 N–H and O–H groups in total. The quantitative estimate of drug-likeness (QED) is 0.811. The Morgan fingerprint density at radius 1 is 1.37 bits per heavy atom. The summed E-state index contributed by atoms with van der Waals surface area (Å²) in [5.41, 5.74) is 1.06. The molecule has 0 spiro atoms. The van der Waals surface area contributed by atoms with Crippen LogP contribution in [0.3, 0.4) is 0 Å². The number of nitrogens with one attached hydrogen (secondary N) is 1. The van der Waals surface area contributed by atoms with E-state index in [4.69, 9.17) is 4.74 Å². The Kier molecular flexibility index (Phi) is 5.66. The highest BCUT2D eigenvalue weighted by Crippen LogP contribution is 2.13. The number of alkyl halides is 3. The first-order chi connectivity index (χ1) is 8.87. The van der Waals surface area contributed by atoms with Crippen LogP contribution in [0.15, 0.2) is 24.3 Å². The molecule has 0 saturated heterocycles. The van der Waals surface area contributed by atoms with Gasteiger partial charge in [-0.3, -0.25) is 4.79 Å². The molecule has 0 atom stereocenters. The fourth-order valence-corrected chi connectivity index (χ4v) is 1.42. The van der Waals surface area contributed by atoms with Gasteiger partial charge in [0.1, 0.15) is 12.3 Å². The summed E-state index contributed by atoms with van der Waals surface area (Å²) in [5, 5.41) is 1.81. The van der Waals surface area contributed by atoms with Gasteiger partial charge in [-0.1, -0.05) is 12.1 Å². The number of hydrogen-bond donors (Lipinski definition) is 1. The second-order valence-corrected chi connectivity index (χ2v) is 4.16. The molecule has 106 valence electrons. The standard InChI is InChI=1S/C13H16F3NO2/c1-10-4-2-5-11(8-10)19-7-3-6-12(18)17-9-13(14,15)16/h2,4-5,8H,3,6-7,9H2,1H3,(H,17,18). The lowest BCUT2D eigenvalue weighted by molar-refractivity contribution is -0.138. The normalized spacial score (nSPS) is 11.2. The van der Waals surface area contributed by atoms with Crippen LogP contribution in [-0.2, 0) is 4.79 Å².